The number of nitrogen functional groups attached to an aromatic ring is 1. The SMILES string of the molecule is NCCC#Cc1cnc2c(N)ccnn12. The van der Waals surface area contributed by atoms with Crippen LogP contribution >= 0.6 is 0 Å². The second kappa shape index (κ2) is 3.98. The predicted molar refractivity (Wildman–Crippen MR) is 57.9 cm³/mol. The Morgan fingerprint density at radius 2 is 2.33 bits per heavy atom. The van der Waals surface area contributed by atoms with Gasteiger partial charge in [0.1, 0.15) is 5.69 Å². The van der Waals surface area contributed by atoms with E-state index in [-0.39, 0.29) is 0 Å². The van der Waals surface area contributed by atoms with Gasteiger partial charge in [-0.25, -0.2) is 9.50 Å². The van der Waals surface area contributed by atoms with E-state index in [0.717, 1.165) is 5.69 Å². The van der Waals surface area contributed by atoms with Crippen molar-refractivity contribution in [3.8, 4) is 11.8 Å². The van der Waals surface area contributed by atoms with Crippen molar-refractivity contribution < 1.29 is 0 Å². The lowest BCUT2D eigenvalue weighted by Crippen LogP contribution is -1.98. The van der Waals surface area contributed by atoms with Crippen molar-refractivity contribution in [2.45, 2.75) is 6.42 Å². The third-order valence-electron chi connectivity index (χ3n) is 1.92. The molecule has 4 N–H and O–H groups in total. The highest BCUT2D eigenvalue weighted by Crippen LogP contribution is 2.10. The quantitative estimate of drug-likeness (QED) is 0.637. The highest BCUT2D eigenvalue weighted by molar-refractivity contribution is 5.64. The van der Waals surface area contributed by atoms with Crippen LogP contribution in [0.25, 0.3) is 5.65 Å². The maximum atomic E-state index is 5.73. The topological polar surface area (TPSA) is 82.2 Å². The van der Waals surface area contributed by atoms with Gasteiger partial charge in [0.2, 0.25) is 0 Å². The fourth-order valence-corrected chi connectivity index (χ4v) is 1.22. The number of hydrogen-bond acceptors (Lipinski definition) is 4. The standard InChI is InChI=1S/C10H11N5/c11-5-2-1-3-8-7-13-10-9(12)4-6-14-15(8)10/h4,6-7H,2,5,11-12H2. The first kappa shape index (κ1) is 9.49. The van der Waals surface area contributed by atoms with Crippen LogP contribution in [-0.4, -0.2) is 21.1 Å². The number of rotatable bonds is 1. The maximum absolute atomic E-state index is 5.73. The van der Waals surface area contributed by atoms with Gasteiger partial charge in [-0.3, -0.25) is 0 Å². The minimum Gasteiger partial charge on any atom is -0.396 e. The molecule has 0 fully saturated rings. The largest absolute Gasteiger partial charge is 0.396 e. The van der Waals surface area contributed by atoms with Crippen LogP contribution in [0.4, 0.5) is 5.69 Å². The molecule has 0 aliphatic heterocycles. The molecule has 2 aromatic heterocycles. The van der Waals surface area contributed by atoms with Crippen molar-refractivity contribution in [1.82, 2.24) is 14.6 Å². The molecular weight excluding hydrogens is 190 g/mol. The zero-order valence-electron chi connectivity index (χ0n) is 8.14. The summed E-state index contributed by atoms with van der Waals surface area (Å²) in [4.78, 5) is 4.14. The molecule has 0 atom stereocenters. The Hall–Kier alpha value is -2.06. The van der Waals surface area contributed by atoms with Crippen molar-refractivity contribution in [2.24, 2.45) is 5.73 Å². The first-order valence-electron chi connectivity index (χ1n) is 4.60. The number of imidazole rings is 1. The van der Waals surface area contributed by atoms with Crippen LogP contribution in [0.5, 0.6) is 0 Å². The van der Waals surface area contributed by atoms with E-state index in [2.05, 4.69) is 21.9 Å². The Bertz CT molecular complexity index is 531. The van der Waals surface area contributed by atoms with E-state index >= 15 is 0 Å². The summed E-state index contributed by atoms with van der Waals surface area (Å²) < 4.78 is 1.62. The van der Waals surface area contributed by atoms with Crippen molar-refractivity contribution >= 4 is 11.3 Å². The predicted octanol–water partition coefficient (Wildman–Crippen LogP) is 0.0118. The van der Waals surface area contributed by atoms with E-state index in [1.54, 1.807) is 23.0 Å². The Morgan fingerprint density at radius 3 is 3.13 bits per heavy atom. The average Bonchev–Trinajstić information content (AvgIpc) is 2.64. The minimum atomic E-state index is 0.555. The molecule has 76 valence electrons. The number of anilines is 1. The molecule has 0 radical (unpaired) electrons. The molecule has 2 aromatic rings. The van der Waals surface area contributed by atoms with E-state index in [4.69, 9.17) is 11.5 Å². The molecule has 0 aliphatic carbocycles. The lowest BCUT2D eigenvalue weighted by atomic mass is 10.4. The van der Waals surface area contributed by atoms with Gasteiger partial charge in [0.25, 0.3) is 0 Å². The molecular formula is C10H11N5. The molecule has 5 nitrogen and oxygen atoms in total. The molecule has 5 heteroatoms. The van der Waals surface area contributed by atoms with Crippen molar-refractivity contribution in [3.63, 3.8) is 0 Å². The molecule has 2 heterocycles. The Morgan fingerprint density at radius 1 is 1.47 bits per heavy atom. The number of fused-ring (bicyclic) bond motifs is 1. The Balaban J connectivity index is 2.47. The number of aromatic nitrogens is 3. The van der Waals surface area contributed by atoms with Crippen LogP contribution in [0.1, 0.15) is 12.1 Å². The lowest BCUT2D eigenvalue weighted by molar-refractivity contribution is 0.924. The third-order valence-corrected chi connectivity index (χ3v) is 1.92. The van der Waals surface area contributed by atoms with Gasteiger partial charge in [0.05, 0.1) is 18.1 Å². The van der Waals surface area contributed by atoms with Gasteiger partial charge in [-0.1, -0.05) is 5.92 Å². The van der Waals surface area contributed by atoms with Gasteiger partial charge in [-0.05, 0) is 12.0 Å². The average molecular weight is 201 g/mol. The van der Waals surface area contributed by atoms with Gasteiger partial charge < -0.3 is 11.5 Å². The first-order valence-corrected chi connectivity index (χ1v) is 4.60. The van der Waals surface area contributed by atoms with Crippen molar-refractivity contribution in [3.05, 3.63) is 24.2 Å². The molecule has 0 amide bonds. The molecule has 15 heavy (non-hydrogen) atoms. The van der Waals surface area contributed by atoms with E-state index in [0.29, 0.717) is 24.3 Å². The molecule has 0 aliphatic rings. The van der Waals surface area contributed by atoms with E-state index in [1.165, 1.54) is 0 Å². The van der Waals surface area contributed by atoms with Gasteiger partial charge in [-0.15, -0.1) is 0 Å². The fraction of sp³-hybridized carbons (Fsp3) is 0.200. The maximum Gasteiger partial charge on any atom is 0.178 e. The van der Waals surface area contributed by atoms with Crippen LogP contribution in [-0.2, 0) is 0 Å². The monoisotopic (exact) mass is 201 g/mol. The molecule has 0 spiro atoms. The second-order valence-electron chi connectivity index (χ2n) is 3.01. The number of hydrogen-bond donors (Lipinski definition) is 2. The summed E-state index contributed by atoms with van der Waals surface area (Å²) in [5, 5.41) is 4.12. The van der Waals surface area contributed by atoms with Crippen molar-refractivity contribution in [2.75, 3.05) is 12.3 Å². The van der Waals surface area contributed by atoms with Crippen LogP contribution in [0.15, 0.2) is 18.5 Å². The summed E-state index contributed by atoms with van der Waals surface area (Å²) in [5.41, 5.74) is 13.0. The molecule has 0 unspecified atom stereocenters. The van der Waals surface area contributed by atoms with Gasteiger partial charge in [-0.2, -0.15) is 5.10 Å². The van der Waals surface area contributed by atoms with Gasteiger partial charge >= 0.3 is 0 Å². The number of nitrogens with two attached hydrogens (primary N) is 2. The summed E-state index contributed by atoms with van der Waals surface area (Å²) in [6.45, 7) is 0.555. The van der Waals surface area contributed by atoms with E-state index < -0.39 is 0 Å². The first-order chi connectivity index (χ1) is 7.33. The molecule has 0 saturated heterocycles. The molecule has 0 aromatic carbocycles. The second-order valence-corrected chi connectivity index (χ2v) is 3.01. The molecule has 0 saturated carbocycles. The van der Waals surface area contributed by atoms with Crippen LogP contribution < -0.4 is 11.5 Å². The fourth-order valence-electron chi connectivity index (χ4n) is 1.22. The van der Waals surface area contributed by atoms with E-state index in [1.807, 2.05) is 0 Å². The van der Waals surface area contributed by atoms with Crippen LogP contribution in [0.3, 0.4) is 0 Å². The lowest BCUT2D eigenvalue weighted by Gasteiger charge is -1.95. The smallest absolute Gasteiger partial charge is 0.178 e. The zero-order chi connectivity index (χ0) is 10.7. The zero-order valence-corrected chi connectivity index (χ0v) is 8.14. The highest BCUT2D eigenvalue weighted by atomic mass is 15.3. The van der Waals surface area contributed by atoms with Crippen LogP contribution in [0.2, 0.25) is 0 Å². The third kappa shape index (κ3) is 1.75. The van der Waals surface area contributed by atoms with Gasteiger partial charge in [0.15, 0.2) is 5.65 Å². The molecule has 2 rings (SSSR count). The summed E-state index contributed by atoms with van der Waals surface area (Å²) >= 11 is 0. The summed E-state index contributed by atoms with van der Waals surface area (Å²) in [6, 6.07) is 1.71. The number of nitrogens with zero attached hydrogens (tertiary/aromatic N) is 3. The summed E-state index contributed by atoms with van der Waals surface area (Å²) in [5.74, 6) is 5.88. The van der Waals surface area contributed by atoms with Crippen molar-refractivity contribution in [1.29, 1.82) is 0 Å². The Labute approximate surface area is 87.1 Å². The summed E-state index contributed by atoms with van der Waals surface area (Å²) in [7, 11) is 0. The van der Waals surface area contributed by atoms with E-state index in [9.17, 15) is 0 Å². The summed E-state index contributed by atoms with van der Waals surface area (Å²) in [6.07, 6.45) is 3.94. The molecule has 0 bridgehead atoms. The normalized spacial score (nSPS) is 9.93. The minimum absolute atomic E-state index is 0.555. The highest BCUT2D eigenvalue weighted by Gasteiger charge is 2.03. The van der Waals surface area contributed by atoms with Gasteiger partial charge in [0, 0.05) is 13.0 Å². The van der Waals surface area contributed by atoms with Crippen LogP contribution in [0, 0.1) is 11.8 Å². The Kier molecular flexibility index (Phi) is 2.52.